The van der Waals surface area contributed by atoms with Gasteiger partial charge in [-0.05, 0) is 18.9 Å². The summed E-state index contributed by atoms with van der Waals surface area (Å²) >= 11 is 0. The van der Waals surface area contributed by atoms with E-state index >= 15 is 0 Å². The van der Waals surface area contributed by atoms with Gasteiger partial charge in [0.15, 0.2) is 0 Å². The molecule has 2 aliphatic rings. The molecular formula is C18H23N5O. The zero-order chi connectivity index (χ0) is 16.9. The maximum atomic E-state index is 13.0. The lowest BCUT2D eigenvalue weighted by Crippen LogP contribution is -2.35. The minimum atomic E-state index is -0.269. The summed E-state index contributed by atoms with van der Waals surface area (Å²) in [4.78, 5) is 24.2. The zero-order valence-corrected chi connectivity index (χ0v) is 14.5. The van der Waals surface area contributed by atoms with Gasteiger partial charge in [-0.1, -0.05) is 20.8 Å². The third-order valence-electron chi connectivity index (χ3n) is 4.95. The van der Waals surface area contributed by atoms with Crippen LogP contribution in [0, 0.1) is 5.41 Å². The molecule has 0 radical (unpaired) electrons. The van der Waals surface area contributed by atoms with E-state index in [2.05, 4.69) is 30.9 Å². The molecule has 2 aromatic heterocycles. The number of hydrogen-bond donors (Lipinski definition) is 0. The second kappa shape index (κ2) is 5.13. The quantitative estimate of drug-likeness (QED) is 0.868. The monoisotopic (exact) mass is 325 g/mol. The molecule has 3 heterocycles. The molecule has 1 amide bonds. The molecule has 0 bridgehead atoms. The molecule has 126 valence electrons. The number of hydrogen-bond acceptors (Lipinski definition) is 4. The Hall–Kier alpha value is -2.24. The SMILES string of the molecule is CC(C)(C)c1ncc2c(n1)CN(C(=O)C1(Cn3cccn3)CC1)C2. The average molecular weight is 325 g/mol. The second-order valence-electron chi connectivity index (χ2n) is 8.06. The van der Waals surface area contributed by atoms with Gasteiger partial charge >= 0.3 is 0 Å². The summed E-state index contributed by atoms with van der Waals surface area (Å²) in [5.74, 6) is 1.07. The highest BCUT2D eigenvalue weighted by molar-refractivity contribution is 5.85. The van der Waals surface area contributed by atoms with Crippen LogP contribution >= 0.6 is 0 Å². The Morgan fingerprint density at radius 2 is 2.08 bits per heavy atom. The Morgan fingerprint density at radius 3 is 2.71 bits per heavy atom. The Bertz CT molecular complexity index is 771. The van der Waals surface area contributed by atoms with Gasteiger partial charge in [-0.2, -0.15) is 5.10 Å². The summed E-state index contributed by atoms with van der Waals surface area (Å²) < 4.78 is 1.87. The van der Waals surface area contributed by atoms with Gasteiger partial charge in [-0.25, -0.2) is 9.97 Å². The van der Waals surface area contributed by atoms with Crippen LogP contribution < -0.4 is 0 Å². The van der Waals surface area contributed by atoms with E-state index in [1.54, 1.807) is 6.20 Å². The summed E-state index contributed by atoms with van der Waals surface area (Å²) in [5, 5.41) is 4.25. The summed E-state index contributed by atoms with van der Waals surface area (Å²) in [7, 11) is 0. The van der Waals surface area contributed by atoms with Crippen molar-refractivity contribution in [3.8, 4) is 0 Å². The number of fused-ring (bicyclic) bond motifs is 1. The fourth-order valence-corrected chi connectivity index (χ4v) is 3.29. The summed E-state index contributed by atoms with van der Waals surface area (Å²) in [6.07, 6.45) is 7.46. The minimum absolute atomic E-state index is 0.0791. The highest BCUT2D eigenvalue weighted by Gasteiger charge is 2.52. The number of carbonyl (C=O) groups is 1. The van der Waals surface area contributed by atoms with Gasteiger partial charge in [0.05, 0.1) is 24.2 Å². The van der Waals surface area contributed by atoms with Crippen LogP contribution in [0.1, 0.15) is 50.7 Å². The molecule has 6 nitrogen and oxygen atoms in total. The van der Waals surface area contributed by atoms with Gasteiger partial charge in [0, 0.05) is 36.1 Å². The molecule has 1 fully saturated rings. The van der Waals surface area contributed by atoms with Crippen molar-refractivity contribution in [2.75, 3.05) is 0 Å². The Labute approximate surface area is 141 Å². The van der Waals surface area contributed by atoms with Crippen LogP contribution in [0.2, 0.25) is 0 Å². The lowest BCUT2D eigenvalue weighted by molar-refractivity contribution is -0.138. The lowest BCUT2D eigenvalue weighted by Gasteiger charge is -2.22. The first-order chi connectivity index (χ1) is 11.4. The van der Waals surface area contributed by atoms with E-state index in [4.69, 9.17) is 4.98 Å². The van der Waals surface area contributed by atoms with Crippen LogP contribution in [0.15, 0.2) is 24.7 Å². The molecule has 0 aromatic carbocycles. The molecule has 1 aliphatic carbocycles. The molecule has 4 rings (SSSR count). The zero-order valence-electron chi connectivity index (χ0n) is 14.5. The number of carbonyl (C=O) groups excluding carboxylic acids is 1. The maximum absolute atomic E-state index is 13.0. The molecule has 1 aliphatic heterocycles. The van der Waals surface area contributed by atoms with Gasteiger partial charge < -0.3 is 4.90 Å². The fourth-order valence-electron chi connectivity index (χ4n) is 3.29. The molecule has 0 atom stereocenters. The second-order valence-corrected chi connectivity index (χ2v) is 8.06. The van der Waals surface area contributed by atoms with Gasteiger partial charge in [0.25, 0.3) is 0 Å². The molecule has 1 saturated carbocycles. The third kappa shape index (κ3) is 2.60. The van der Waals surface area contributed by atoms with Crippen molar-refractivity contribution in [1.29, 1.82) is 0 Å². The normalized spacial score (nSPS) is 18.5. The van der Waals surface area contributed by atoms with Crippen LogP contribution in [0.25, 0.3) is 0 Å². The van der Waals surface area contributed by atoms with E-state index in [-0.39, 0.29) is 16.7 Å². The third-order valence-corrected chi connectivity index (χ3v) is 4.95. The molecule has 6 heteroatoms. The molecular weight excluding hydrogens is 302 g/mol. The van der Waals surface area contributed by atoms with Gasteiger partial charge in [0.2, 0.25) is 5.91 Å². The predicted octanol–water partition coefficient (Wildman–Crippen LogP) is 2.29. The van der Waals surface area contributed by atoms with Crippen LogP contribution in [0.3, 0.4) is 0 Å². The largest absolute Gasteiger partial charge is 0.332 e. The van der Waals surface area contributed by atoms with E-state index in [1.807, 2.05) is 28.0 Å². The molecule has 0 spiro atoms. The topological polar surface area (TPSA) is 63.9 Å². The summed E-state index contributed by atoms with van der Waals surface area (Å²) in [5.41, 5.74) is 1.72. The highest BCUT2D eigenvalue weighted by Crippen LogP contribution is 2.49. The van der Waals surface area contributed by atoms with Crippen LogP contribution in [0.4, 0.5) is 0 Å². The van der Waals surface area contributed by atoms with Crippen molar-refractivity contribution in [2.45, 2.75) is 58.7 Å². The smallest absolute Gasteiger partial charge is 0.231 e. The summed E-state index contributed by atoms with van der Waals surface area (Å²) in [6, 6.07) is 1.90. The van der Waals surface area contributed by atoms with E-state index in [1.165, 1.54) is 0 Å². The Kier molecular flexibility index (Phi) is 3.27. The van der Waals surface area contributed by atoms with Gasteiger partial charge in [-0.3, -0.25) is 9.48 Å². The fraction of sp³-hybridized carbons (Fsp3) is 0.556. The highest BCUT2D eigenvalue weighted by atomic mass is 16.2. The van der Waals surface area contributed by atoms with Crippen LogP contribution in [-0.4, -0.2) is 30.6 Å². The van der Waals surface area contributed by atoms with Gasteiger partial charge in [0.1, 0.15) is 5.82 Å². The predicted molar refractivity (Wildman–Crippen MR) is 88.9 cm³/mol. The van der Waals surface area contributed by atoms with E-state index in [9.17, 15) is 4.79 Å². The van der Waals surface area contributed by atoms with Crippen molar-refractivity contribution in [3.05, 3.63) is 41.7 Å². The molecule has 0 unspecified atom stereocenters. The Morgan fingerprint density at radius 1 is 1.29 bits per heavy atom. The van der Waals surface area contributed by atoms with E-state index in [0.717, 1.165) is 29.9 Å². The van der Waals surface area contributed by atoms with E-state index < -0.39 is 0 Å². The molecule has 0 saturated heterocycles. The standard InChI is InChI=1S/C18H23N5O/c1-17(2,3)15-19-9-13-10-22(11-14(13)21-15)16(24)18(5-6-18)12-23-8-4-7-20-23/h4,7-9H,5-6,10-12H2,1-3H3. The van der Waals surface area contributed by atoms with Crippen molar-refractivity contribution in [1.82, 2.24) is 24.6 Å². The first kappa shape index (κ1) is 15.3. The van der Waals surface area contributed by atoms with Crippen LogP contribution in [0.5, 0.6) is 0 Å². The number of nitrogens with zero attached hydrogens (tertiary/aromatic N) is 5. The van der Waals surface area contributed by atoms with Crippen molar-refractivity contribution in [2.24, 2.45) is 5.41 Å². The molecule has 24 heavy (non-hydrogen) atoms. The van der Waals surface area contributed by atoms with Crippen molar-refractivity contribution < 1.29 is 4.79 Å². The Balaban J connectivity index is 1.51. The number of amides is 1. The maximum Gasteiger partial charge on any atom is 0.231 e. The lowest BCUT2D eigenvalue weighted by atomic mass is 9.95. The van der Waals surface area contributed by atoms with Gasteiger partial charge in [-0.15, -0.1) is 0 Å². The first-order valence-electron chi connectivity index (χ1n) is 8.49. The van der Waals surface area contributed by atoms with Crippen molar-refractivity contribution in [3.63, 3.8) is 0 Å². The average Bonchev–Trinajstić information content (AvgIpc) is 2.96. The molecule has 2 aromatic rings. The summed E-state index contributed by atoms with van der Waals surface area (Å²) in [6.45, 7) is 8.21. The molecule has 0 N–H and O–H groups in total. The van der Waals surface area contributed by atoms with E-state index in [0.29, 0.717) is 19.6 Å². The van der Waals surface area contributed by atoms with Crippen molar-refractivity contribution >= 4 is 5.91 Å². The van der Waals surface area contributed by atoms with Crippen LogP contribution in [-0.2, 0) is 29.8 Å². The number of rotatable bonds is 3. The minimum Gasteiger partial charge on any atom is -0.332 e. The number of aromatic nitrogens is 4. The first-order valence-corrected chi connectivity index (χ1v) is 8.49.